The van der Waals surface area contributed by atoms with Crippen molar-refractivity contribution in [2.45, 2.75) is 48.2 Å². The molecule has 0 bridgehead atoms. The zero-order valence-corrected chi connectivity index (χ0v) is 20.4. The molecule has 33 heavy (non-hydrogen) atoms. The minimum absolute atomic E-state index is 0.165. The van der Waals surface area contributed by atoms with Crippen LogP contribution in [0.1, 0.15) is 24.0 Å². The van der Waals surface area contributed by atoms with Gasteiger partial charge in [-0.3, -0.25) is 0 Å². The summed E-state index contributed by atoms with van der Waals surface area (Å²) in [6, 6.07) is 13.8. The van der Waals surface area contributed by atoms with E-state index in [1.54, 1.807) is 23.9 Å². The molecule has 2 saturated heterocycles. The number of fused-ring (bicyclic) bond motifs is 1. The highest BCUT2D eigenvalue weighted by Crippen LogP contribution is 2.31. The largest absolute Gasteiger partial charge is 0.379 e. The molecule has 0 amide bonds. The lowest BCUT2D eigenvalue weighted by Crippen LogP contribution is -2.40. The van der Waals surface area contributed by atoms with Crippen molar-refractivity contribution in [2.75, 3.05) is 32.9 Å². The summed E-state index contributed by atoms with van der Waals surface area (Å²) < 4.78 is 41.2. The van der Waals surface area contributed by atoms with Crippen LogP contribution in [0.2, 0.25) is 0 Å². The molecule has 3 aromatic rings. The van der Waals surface area contributed by atoms with Gasteiger partial charge in [-0.2, -0.15) is 4.31 Å². The van der Waals surface area contributed by atoms with Gasteiger partial charge in [0, 0.05) is 25.4 Å². The van der Waals surface area contributed by atoms with Gasteiger partial charge in [-0.25, -0.2) is 13.4 Å². The first-order valence-corrected chi connectivity index (χ1v) is 13.8. The van der Waals surface area contributed by atoms with Gasteiger partial charge < -0.3 is 14.0 Å². The van der Waals surface area contributed by atoms with Gasteiger partial charge in [-0.05, 0) is 43.5 Å². The third-order valence-corrected chi connectivity index (χ3v) is 9.13. The number of rotatable bonds is 7. The van der Waals surface area contributed by atoms with Crippen molar-refractivity contribution in [3.63, 3.8) is 0 Å². The van der Waals surface area contributed by atoms with Gasteiger partial charge >= 0.3 is 0 Å². The van der Waals surface area contributed by atoms with E-state index >= 15 is 0 Å². The van der Waals surface area contributed by atoms with Gasteiger partial charge in [-0.1, -0.05) is 41.6 Å². The van der Waals surface area contributed by atoms with Crippen molar-refractivity contribution < 1.29 is 17.9 Å². The highest BCUT2D eigenvalue weighted by molar-refractivity contribution is 7.98. The molecule has 1 atom stereocenters. The number of hydrogen-bond acceptors (Lipinski definition) is 6. The first-order chi connectivity index (χ1) is 16.0. The number of thioether (sulfide) groups is 1. The Kier molecular flexibility index (Phi) is 6.76. The van der Waals surface area contributed by atoms with Gasteiger partial charge in [0.15, 0.2) is 5.16 Å². The first-order valence-electron chi connectivity index (χ1n) is 11.4. The number of morpholine rings is 1. The average Bonchev–Trinajstić information content (AvgIpc) is 3.47. The summed E-state index contributed by atoms with van der Waals surface area (Å²) in [5.74, 6) is 0.800. The van der Waals surface area contributed by atoms with Crippen LogP contribution in [0, 0.1) is 6.92 Å². The van der Waals surface area contributed by atoms with E-state index in [0.29, 0.717) is 31.8 Å². The van der Waals surface area contributed by atoms with E-state index in [4.69, 9.17) is 14.5 Å². The van der Waals surface area contributed by atoms with Gasteiger partial charge in [0.25, 0.3) is 0 Å². The second-order valence-electron chi connectivity index (χ2n) is 8.58. The SMILES string of the molecule is Cc1ccc(CSc2nc3cc(S(=O)(=O)N4CCOCC4)ccc3n2C[C@H]2CCCO2)cc1. The number of aromatic nitrogens is 2. The van der Waals surface area contributed by atoms with Crippen LogP contribution in [0.4, 0.5) is 0 Å². The Morgan fingerprint density at radius 2 is 1.88 bits per heavy atom. The summed E-state index contributed by atoms with van der Waals surface area (Å²) in [7, 11) is -3.57. The lowest BCUT2D eigenvalue weighted by Gasteiger charge is -2.26. The van der Waals surface area contributed by atoms with Crippen LogP contribution in [0.3, 0.4) is 0 Å². The third-order valence-electron chi connectivity index (χ3n) is 6.19. The van der Waals surface area contributed by atoms with Crippen molar-refractivity contribution in [1.82, 2.24) is 13.9 Å². The molecule has 0 unspecified atom stereocenters. The topological polar surface area (TPSA) is 73.7 Å². The van der Waals surface area contributed by atoms with E-state index in [2.05, 4.69) is 35.8 Å². The quantitative estimate of drug-likeness (QED) is 0.472. The summed E-state index contributed by atoms with van der Waals surface area (Å²) in [5, 5.41) is 0.891. The molecule has 0 saturated carbocycles. The maximum absolute atomic E-state index is 13.2. The number of sulfonamides is 1. The highest BCUT2D eigenvalue weighted by Gasteiger charge is 2.27. The Bertz CT molecular complexity index is 1210. The normalized spacial score (nSPS) is 20.0. The van der Waals surface area contributed by atoms with Crippen LogP contribution in [0.25, 0.3) is 11.0 Å². The van der Waals surface area contributed by atoms with E-state index in [0.717, 1.165) is 42.4 Å². The molecule has 2 aliphatic rings. The zero-order valence-electron chi connectivity index (χ0n) is 18.8. The number of aryl methyl sites for hydroxylation is 1. The molecule has 3 heterocycles. The first kappa shape index (κ1) is 22.9. The number of benzene rings is 2. The van der Waals surface area contributed by atoms with E-state index in [9.17, 15) is 8.42 Å². The number of imidazole rings is 1. The Balaban J connectivity index is 1.46. The minimum Gasteiger partial charge on any atom is -0.379 e. The van der Waals surface area contributed by atoms with Crippen molar-refractivity contribution in [1.29, 1.82) is 0 Å². The molecule has 2 aromatic carbocycles. The summed E-state index contributed by atoms with van der Waals surface area (Å²) in [6.07, 6.45) is 2.27. The third kappa shape index (κ3) is 4.97. The Morgan fingerprint density at radius 3 is 2.61 bits per heavy atom. The fraction of sp³-hybridized carbons (Fsp3) is 0.458. The summed E-state index contributed by atoms with van der Waals surface area (Å²) in [6.45, 7) is 5.22. The zero-order chi connectivity index (χ0) is 22.8. The summed E-state index contributed by atoms with van der Waals surface area (Å²) in [4.78, 5) is 5.16. The maximum Gasteiger partial charge on any atom is 0.243 e. The van der Waals surface area contributed by atoms with Crippen LogP contribution >= 0.6 is 11.8 Å². The second kappa shape index (κ2) is 9.76. The molecular weight excluding hydrogens is 458 g/mol. The van der Waals surface area contributed by atoms with E-state index in [1.807, 2.05) is 6.07 Å². The molecule has 0 radical (unpaired) electrons. The Hall–Kier alpha value is -1.91. The van der Waals surface area contributed by atoms with Crippen molar-refractivity contribution >= 4 is 32.8 Å². The number of nitrogens with zero attached hydrogens (tertiary/aromatic N) is 3. The Labute approximate surface area is 199 Å². The lowest BCUT2D eigenvalue weighted by molar-refractivity contribution is 0.0730. The van der Waals surface area contributed by atoms with E-state index in [1.165, 1.54) is 15.4 Å². The molecule has 176 valence electrons. The number of hydrogen-bond donors (Lipinski definition) is 0. The molecule has 2 fully saturated rings. The standard InChI is InChI=1S/C24H29N3O4S2/c1-18-4-6-19(7-5-18)17-32-24-25-22-15-21(33(28,29)26-10-13-30-14-11-26)8-9-23(22)27(24)16-20-3-2-12-31-20/h4-9,15,20H,2-3,10-14,16-17H2,1H3/t20-/m1/s1. The maximum atomic E-state index is 13.2. The molecule has 0 aliphatic carbocycles. The van der Waals surface area contributed by atoms with E-state index < -0.39 is 10.0 Å². The van der Waals surface area contributed by atoms with Gasteiger partial charge in [0.1, 0.15) is 0 Å². The van der Waals surface area contributed by atoms with Crippen LogP contribution in [-0.2, 0) is 31.8 Å². The van der Waals surface area contributed by atoms with Crippen molar-refractivity contribution in [3.05, 3.63) is 53.6 Å². The van der Waals surface area contributed by atoms with Crippen molar-refractivity contribution in [3.8, 4) is 0 Å². The smallest absolute Gasteiger partial charge is 0.243 e. The molecule has 5 rings (SSSR count). The second-order valence-corrected chi connectivity index (χ2v) is 11.5. The highest BCUT2D eigenvalue weighted by atomic mass is 32.2. The summed E-state index contributed by atoms with van der Waals surface area (Å²) in [5.41, 5.74) is 4.12. The lowest BCUT2D eigenvalue weighted by atomic mass is 10.2. The van der Waals surface area contributed by atoms with Crippen molar-refractivity contribution in [2.24, 2.45) is 0 Å². The molecule has 0 spiro atoms. The predicted molar refractivity (Wildman–Crippen MR) is 129 cm³/mol. The van der Waals surface area contributed by atoms with Gasteiger partial charge in [-0.15, -0.1) is 0 Å². The summed E-state index contributed by atoms with van der Waals surface area (Å²) >= 11 is 1.68. The molecule has 7 nitrogen and oxygen atoms in total. The van der Waals surface area contributed by atoms with Gasteiger partial charge in [0.05, 0.1) is 41.8 Å². The van der Waals surface area contributed by atoms with Crippen LogP contribution in [-0.4, -0.2) is 61.3 Å². The fourth-order valence-electron chi connectivity index (χ4n) is 4.29. The fourth-order valence-corrected chi connectivity index (χ4v) is 6.70. The molecule has 9 heteroatoms. The van der Waals surface area contributed by atoms with E-state index in [-0.39, 0.29) is 11.0 Å². The Morgan fingerprint density at radius 1 is 1.09 bits per heavy atom. The minimum atomic E-state index is -3.57. The van der Waals surface area contributed by atoms with Crippen LogP contribution < -0.4 is 0 Å². The molecule has 0 N–H and O–H groups in total. The van der Waals surface area contributed by atoms with Gasteiger partial charge in [0.2, 0.25) is 10.0 Å². The molecular formula is C24H29N3O4S2. The average molecular weight is 488 g/mol. The monoisotopic (exact) mass is 487 g/mol. The number of ether oxygens (including phenoxy) is 2. The predicted octanol–water partition coefficient (Wildman–Crippen LogP) is 3.84. The van der Waals surface area contributed by atoms with Crippen LogP contribution in [0.5, 0.6) is 0 Å². The molecule has 1 aromatic heterocycles. The van der Waals surface area contributed by atoms with Crippen LogP contribution in [0.15, 0.2) is 52.5 Å². The molecule has 2 aliphatic heterocycles.